The maximum atomic E-state index is 12.7. The third kappa shape index (κ3) is 3.02. The first-order valence-corrected chi connectivity index (χ1v) is 8.35. The number of nitrogens with zero attached hydrogens (tertiary/aromatic N) is 1. The summed E-state index contributed by atoms with van der Waals surface area (Å²) in [6.07, 6.45) is 3.58. The first kappa shape index (κ1) is 15.1. The zero-order valence-electron chi connectivity index (χ0n) is 12.5. The highest BCUT2D eigenvalue weighted by molar-refractivity contribution is 6.19. The highest BCUT2D eigenvalue weighted by Crippen LogP contribution is 2.37. The number of para-hydroxylation sites is 1. The standard InChI is InChI=1S/C19H20ClNO/c20-14-13-19(22)21(16-9-2-1-3-10-16)18-12-6-8-15-7-4-5-11-17(15)18/h1-5,7,9-11,18H,6,8,12-14H2. The zero-order chi connectivity index (χ0) is 15.4. The van der Waals surface area contributed by atoms with Crippen LogP contribution in [0.2, 0.25) is 0 Å². The van der Waals surface area contributed by atoms with Gasteiger partial charge in [-0.05, 0) is 42.5 Å². The zero-order valence-corrected chi connectivity index (χ0v) is 13.3. The Balaban J connectivity index is 2.02. The lowest BCUT2D eigenvalue weighted by molar-refractivity contribution is -0.118. The third-order valence-electron chi connectivity index (χ3n) is 4.26. The predicted molar refractivity (Wildman–Crippen MR) is 91.4 cm³/mol. The number of rotatable bonds is 4. The summed E-state index contributed by atoms with van der Waals surface area (Å²) < 4.78 is 0. The van der Waals surface area contributed by atoms with Crippen LogP contribution in [0.5, 0.6) is 0 Å². The van der Waals surface area contributed by atoms with Crippen LogP contribution >= 0.6 is 11.6 Å². The summed E-state index contributed by atoms with van der Waals surface area (Å²) in [5.74, 6) is 0.458. The second-order valence-corrected chi connectivity index (χ2v) is 6.02. The van der Waals surface area contributed by atoms with Gasteiger partial charge in [-0.25, -0.2) is 0 Å². The van der Waals surface area contributed by atoms with Gasteiger partial charge in [-0.15, -0.1) is 11.6 Å². The van der Waals surface area contributed by atoms with E-state index in [2.05, 4.69) is 24.3 Å². The van der Waals surface area contributed by atoms with Gasteiger partial charge in [0.15, 0.2) is 0 Å². The number of amides is 1. The Kier molecular flexibility index (Phi) is 4.79. The quantitative estimate of drug-likeness (QED) is 0.747. The molecule has 22 heavy (non-hydrogen) atoms. The summed E-state index contributed by atoms with van der Waals surface area (Å²) >= 11 is 5.82. The molecule has 114 valence electrons. The fraction of sp³-hybridized carbons (Fsp3) is 0.316. The van der Waals surface area contributed by atoms with E-state index < -0.39 is 0 Å². The number of alkyl halides is 1. The highest BCUT2D eigenvalue weighted by atomic mass is 35.5. The van der Waals surface area contributed by atoms with Crippen molar-refractivity contribution < 1.29 is 4.79 Å². The van der Waals surface area contributed by atoms with Crippen LogP contribution in [0, 0.1) is 0 Å². The number of halogens is 1. The van der Waals surface area contributed by atoms with Gasteiger partial charge >= 0.3 is 0 Å². The summed E-state index contributed by atoms with van der Waals surface area (Å²) in [4.78, 5) is 14.6. The topological polar surface area (TPSA) is 20.3 Å². The van der Waals surface area contributed by atoms with Crippen molar-refractivity contribution in [1.29, 1.82) is 0 Å². The van der Waals surface area contributed by atoms with Crippen molar-refractivity contribution in [3.8, 4) is 0 Å². The maximum absolute atomic E-state index is 12.7. The first-order chi connectivity index (χ1) is 10.8. The Hall–Kier alpha value is -1.80. The van der Waals surface area contributed by atoms with Crippen molar-refractivity contribution in [2.24, 2.45) is 0 Å². The lowest BCUT2D eigenvalue weighted by atomic mass is 9.86. The molecule has 1 amide bonds. The van der Waals surface area contributed by atoms with Crippen molar-refractivity contribution in [3.63, 3.8) is 0 Å². The second kappa shape index (κ2) is 6.97. The summed E-state index contributed by atoms with van der Waals surface area (Å²) in [6, 6.07) is 18.5. The molecule has 1 aliphatic carbocycles. The highest BCUT2D eigenvalue weighted by Gasteiger charge is 2.29. The molecule has 2 aromatic carbocycles. The molecule has 0 saturated heterocycles. The van der Waals surface area contributed by atoms with Crippen LogP contribution in [-0.2, 0) is 11.2 Å². The van der Waals surface area contributed by atoms with Gasteiger partial charge < -0.3 is 4.90 Å². The van der Waals surface area contributed by atoms with E-state index in [1.165, 1.54) is 11.1 Å². The molecule has 0 aliphatic heterocycles. The molecule has 0 fully saturated rings. The van der Waals surface area contributed by atoms with E-state index in [-0.39, 0.29) is 11.9 Å². The Morgan fingerprint density at radius 2 is 1.82 bits per heavy atom. The Labute approximate surface area is 136 Å². The Bertz CT molecular complexity index is 641. The number of anilines is 1. The van der Waals surface area contributed by atoms with Gasteiger partial charge in [0.05, 0.1) is 6.04 Å². The fourth-order valence-corrected chi connectivity index (χ4v) is 3.45. The van der Waals surface area contributed by atoms with Gasteiger partial charge in [-0.1, -0.05) is 42.5 Å². The molecule has 1 atom stereocenters. The van der Waals surface area contributed by atoms with Crippen LogP contribution in [-0.4, -0.2) is 11.8 Å². The van der Waals surface area contributed by atoms with E-state index in [9.17, 15) is 4.79 Å². The van der Waals surface area contributed by atoms with Crippen LogP contribution < -0.4 is 4.90 Å². The van der Waals surface area contributed by atoms with E-state index in [0.717, 1.165) is 24.9 Å². The van der Waals surface area contributed by atoms with Crippen LogP contribution in [0.15, 0.2) is 54.6 Å². The molecule has 0 N–H and O–H groups in total. The van der Waals surface area contributed by atoms with Gasteiger partial charge in [0.25, 0.3) is 0 Å². The number of carbonyl (C=O) groups is 1. The number of benzene rings is 2. The molecule has 0 heterocycles. The van der Waals surface area contributed by atoms with E-state index in [4.69, 9.17) is 11.6 Å². The summed E-state index contributed by atoms with van der Waals surface area (Å²) in [5, 5.41) is 0. The Morgan fingerprint density at radius 3 is 2.59 bits per heavy atom. The minimum absolute atomic E-state index is 0.0999. The van der Waals surface area contributed by atoms with E-state index >= 15 is 0 Å². The molecular weight excluding hydrogens is 294 g/mol. The van der Waals surface area contributed by atoms with Crippen molar-refractivity contribution in [2.75, 3.05) is 10.8 Å². The number of carbonyl (C=O) groups excluding carboxylic acids is 1. The van der Waals surface area contributed by atoms with Crippen LogP contribution in [0.25, 0.3) is 0 Å². The summed E-state index contributed by atoms with van der Waals surface area (Å²) in [7, 11) is 0. The molecular formula is C19H20ClNO. The molecule has 3 rings (SSSR count). The monoisotopic (exact) mass is 313 g/mol. The molecule has 0 bridgehead atoms. The molecule has 0 spiro atoms. The van der Waals surface area contributed by atoms with Crippen LogP contribution in [0.1, 0.15) is 36.4 Å². The van der Waals surface area contributed by atoms with Crippen molar-refractivity contribution >= 4 is 23.2 Å². The molecule has 0 saturated carbocycles. The minimum atomic E-state index is 0.0999. The lowest BCUT2D eigenvalue weighted by Crippen LogP contribution is -2.36. The molecule has 3 heteroatoms. The summed E-state index contributed by atoms with van der Waals surface area (Å²) in [5.41, 5.74) is 3.60. The normalized spacial score (nSPS) is 16.9. The smallest absolute Gasteiger partial charge is 0.228 e. The van der Waals surface area contributed by atoms with Crippen LogP contribution in [0.3, 0.4) is 0 Å². The number of aryl methyl sites for hydroxylation is 1. The maximum Gasteiger partial charge on any atom is 0.228 e. The van der Waals surface area contributed by atoms with Crippen molar-refractivity contribution in [1.82, 2.24) is 0 Å². The fourth-order valence-electron chi connectivity index (χ4n) is 3.28. The van der Waals surface area contributed by atoms with Gasteiger partial charge in [0.2, 0.25) is 5.91 Å². The minimum Gasteiger partial charge on any atom is -0.305 e. The number of hydrogen-bond acceptors (Lipinski definition) is 1. The van der Waals surface area contributed by atoms with E-state index in [1.807, 2.05) is 35.2 Å². The molecule has 0 aromatic heterocycles. The average Bonchev–Trinajstić information content (AvgIpc) is 2.57. The summed E-state index contributed by atoms with van der Waals surface area (Å²) in [6.45, 7) is 0. The van der Waals surface area contributed by atoms with Crippen molar-refractivity contribution in [2.45, 2.75) is 31.7 Å². The number of hydrogen-bond donors (Lipinski definition) is 0. The van der Waals surface area contributed by atoms with Gasteiger partial charge in [0, 0.05) is 18.0 Å². The Morgan fingerprint density at radius 1 is 1.09 bits per heavy atom. The van der Waals surface area contributed by atoms with Gasteiger partial charge in [-0.2, -0.15) is 0 Å². The third-order valence-corrected chi connectivity index (χ3v) is 4.45. The average molecular weight is 314 g/mol. The molecule has 2 aromatic rings. The largest absolute Gasteiger partial charge is 0.305 e. The van der Waals surface area contributed by atoms with Gasteiger partial charge in [-0.3, -0.25) is 4.79 Å². The van der Waals surface area contributed by atoms with Crippen LogP contribution in [0.4, 0.5) is 5.69 Å². The second-order valence-electron chi connectivity index (χ2n) is 5.65. The predicted octanol–water partition coefficient (Wildman–Crippen LogP) is 4.73. The van der Waals surface area contributed by atoms with Gasteiger partial charge in [0.1, 0.15) is 0 Å². The van der Waals surface area contributed by atoms with E-state index in [0.29, 0.717) is 12.3 Å². The van der Waals surface area contributed by atoms with Crippen molar-refractivity contribution in [3.05, 3.63) is 65.7 Å². The molecule has 1 unspecified atom stereocenters. The molecule has 2 nitrogen and oxygen atoms in total. The first-order valence-electron chi connectivity index (χ1n) is 7.82. The lowest BCUT2D eigenvalue weighted by Gasteiger charge is -2.36. The molecule has 1 aliphatic rings. The van der Waals surface area contributed by atoms with E-state index in [1.54, 1.807) is 0 Å². The SMILES string of the molecule is O=C(CCCl)N(c1ccccc1)C1CCCc2ccccc21. The molecule has 0 radical (unpaired) electrons. The number of fused-ring (bicyclic) bond motifs is 1.